The number of aryl methyl sites for hydroxylation is 3. The maximum absolute atomic E-state index is 12.4. The van der Waals surface area contributed by atoms with Gasteiger partial charge in [-0.2, -0.15) is 5.10 Å². The van der Waals surface area contributed by atoms with E-state index in [2.05, 4.69) is 15.6 Å². The predicted molar refractivity (Wildman–Crippen MR) is 102 cm³/mol. The lowest BCUT2D eigenvalue weighted by atomic mass is 10.1. The van der Waals surface area contributed by atoms with Crippen molar-refractivity contribution in [3.05, 3.63) is 63.6 Å². The van der Waals surface area contributed by atoms with Crippen molar-refractivity contribution >= 4 is 29.4 Å². The molecular formula is C19H19ClN4O4. The normalized spacial score (nSPS) is 10.7. The first kappa shape index (κ1) is 19.6. The van der Waals surface area contributed by atoms with Gasteiger partial charge in [0, 0.05) is 6.07 Å². The Morgan fingerprint density at radius 2 is 1.93 bits per heavy atom. The minimum absolute atomic E-state index is 0.136. The average Bonchev–Trinajstić information content (AvgIpc) is 3.17. The van der Waals surface area contributed by atoms with Crippen LogP contribution >= 0.6 is 11.6 Å². The second-order valence-corrected chi connectivity index (χ2v) is 6.71. The highest BCUT2D eigenvalue weighted by atomic mass is 35.5. The molecule has 0 aliphatic carbocycles. The Morgan fingerprint density at radius 1 is 1.21 bits per heavy atom. The molecule has 9 heteroatoms. The first-order valence-electron chi connectivity index (χ1n) is 8.52. The molecule has 0 bridgehead atoms. The summed E-state index contributed by atoms with van der Waals surface area (Å²) >= 11 is 6.33. The van der Waals surface area contributed by atoms with Gasteiger partial charge in [-0.3, -0.25) is 10.1 Å². The van der Waals surface area contributed by atoms with E-state index in [1.807, 2.05) is 31.2 Å². The number of benzene rings is 1. The summed E-state index contributed by atoms with van der Waals surface area (Å²) in [6.45, 7) is 5.31. The van der Waals surface area contributed by atoms with E-state index in [0.29, 0.717) is 17.9 Å². The number of hydrogen-bond donors (Lipinski definition) is 1. The van der Waals surface area contributed by atoms with Crippen molar-refractivity contribution in [3.8, 4) is 0 Å². The number of halogens is 1. The van der Waals surface area contributed by atoms with E-state index >= 15 is 0 Å². The number of ether oxygens (including phenoxy) is 1. The molecule has 3 rings (SSSR count). The summed E-state index contributed by atoms with van der Waals surface area (Å²) in [5.41, 5.74) is 3.33. The summed E-state index contributed by atoms with van der Waals surface area (Å²) < 4.78 is 11.5. The first-order valence-corrected chi connectivity index (χ1v) is 8.90. The molecule has 28 heavy (non-hydrogen) atoms. The second kappa shape index (κ2) is 8.26. The fourth-order valence-corrected chi connectivity index (χ4v) is 2.87. The van der Waals surface area contributed by atoms with Gasteiger partial charge in [0.05, 0.1) is 17.9 Å². The molecule has 0 spiro atoms. The number of anilines is 1. The van der Waals surface area contributed by atoms with Crippen molar-refractivity contribution in [2.24, 2.45) is 0 Å². The van der Waals surface area contributed by atoms with E-state index in [1.54, 1.807) is 19.9 Å². The van der Waals surface area contributed by atoms with Crippen LogP contribution in [0, 0.1) is 20.8 Å². The highest BCUT2D eigenvalue weighted by Gasteiger charge is 2.22. The van der Waals surface area contributed by atoms with Gasteiger partial charge in [-0.1, -0.05) is 46.6 Å². The summed E-state index contributed by atoms with van der Waals surface area (Å²) in [4.78, 5) is 24.3. The molecule has 2 heterocycles. The number of carbonyl (C=O) groups excluding carboxylic acids is 2. The molecule has 0 fully saturated rings. The largest absolute Gasteiger partial charge is 0.452 e. The Morgan fingerprint density at radius 3 is 2.57 bits per heavy atom. The molecule has 2 aromatic heterocycles. The van der Waals surface area contributed by atoms with E-state index in [4.69, 9.17) is 20.9 Å². The van der Waals surface area contributed by atoms with E-state index in [0.717, 1.165) is 11.1 Å². The molecule has 1 aromatic carbocycles. The third-order valence-electron chi connectivity index (χ3n) is 3.95. The standard InChI is InChI=1S/C19H19ClN4O4/c1-11-4-6-14(7-5-11)9-24-18(20)17(13(3)22-24)19(26)27-10-15(25)21-16-8-12(2)23-28-16/h4-8H,9-10H2,1-3H3,(H,21,25). The summed E-state index contributed by atoms with van der Waals surface area (Å²) in [6.07, 6.45) is 0. The van der Waals surface area contributed by atoms with Gasteiger partial charge in [0.15, 0.2) is 6.61 Å². The third kappa shape index (κ3) is 4.58. The maximum atomic E-state index is 12.4. The maximum Gasteiger partial charge on any atom is 0.343 e. The minimum Gasteiger partial charge on any atom is -0.452 e. The summed E-state index contributed by atoms with van der Waals surface area (Å²) in [5, 5.41) is 10.6. The van der Waals surface area contributed by atoms with E-state index in [9.17, 15) is 9.59 Å². The van der Waals surface area contributed by atoms with Crippen molar-refractivity contribution in [3.63, 3.8) is 0 Å². The van der Waals surface area contributed by atoms with Crippen LogP contribution in [0.2, 0.25) is 5.15 Å². The van der Waals surface area contributed by atoms with Crippen molar-refractivity contribution in [1.82, 2.24) is 14.9 Å². The topological polar surface area (TPSA) is 99.2 Å². The van der Waals surface area contributed by atoms with Gasteiger partial charge < -0.3 is 9.26 Å². The monoisotopic (exact) mass is 402 g/mol. The number of aromatic nitrogens is 3. The molecule has 146 valence electrons. The van der Waals surface area contributed by atoms with Crippen LogP contribution in [0.3, 0.4) is 0 Å². The van der Waals surface area contributed by atoms with Crippen molar-refractivity contribution in [1.29, 1.82) is 0 Å². The Kier molecular flexibility index (Phi) is 5.79. The minimum atomic E-state index is -0.721. The number of esters is 1. The van der Waals surface area contributed by atoms with Crippen molar-refractivity contribution < 1.29 is 18.8 Å². The highest BCUT2D eigenvalue weighted by Crippen LogP contribution is 2.22. The number of carbonyl (C=O) groups is 2. The number of rotatable bonds is 6. The van der Waals surface area contributed by atoms with Gasteiger partial charge >= 0.3 is 5.97 Å². The van der Waals surface area contributed by atoms with Gasteiger partial charge in [-0.15, -0.1) is 0 Å². The second-order valence-electron chi connectivity index (χ2n) is 6.35. The van der Waals surface area contributed by atoms with Gasteiger partial charge in [0.25, 0.3) is 5.91 Å². The van der Waals surface area contributed by atoms with E-state index in [1.165, 1.54) is 4.68 Å². The van der Waals surface area contributed by atoms with Crippen molar-refractivity contribution in [2.75, 3.05) is 11.9 Å². The zero-order valence-corrected chi connectivity index (χ0v) is 16.4. The van der Waals surface area contributed by atoms with E-state index < -0.39 is 18.5 Å². The molecular weight excluding hydrogens is 384 g/mol. The third-order valence-corrected chi connectivity index (χ3v) is 4.33. The van der Waals surface area contributed by atoms with Gasteiger partial charge in [0.2, 0.25) is 5.88 Å². The molecule has 0 aliphatic rings. The highest BCUT2D eigenvalue weighted by molar-refractivity contribution is 6.32. The molecule has 1 N–H and O–H groups in total. The molecule has 0 saturated carbocycles. The molecule has 0 atom stereocenters. The van der Waals surface area contributed by atoms with Gasteiger partial charge in [-0.25, -0.2) is 9.48 Å². The predicted octanol–water partition coefficient (Wildman–Crippen LogP) is 3.29. The Hall–Kier alpha value is -3.13. The fourth-order valence-electron chi connectivity index (χ4n) is 2.56. The molecule has 8 nitrogen and oxygen atoms in total. The lowest BCUT2D eigenvalue weighted by Gasteiger charge is -2.06. The molecule has 0 unspecified atom stereocenters. The molecule has 0 aliphatic heterocycles. The van der Waals surface area contributed by atoms with Crippen LogP contribution < -0.4 is 5.32 Å². The van der Waals surface area contributed by atoms with Gasteiger partial charge in [0.1, 0.15) is 10.7 Å². The SMILES string of the molecule is Cc1ccc(Cn2nc(C)c(C(=O)OCC(=O)Nc3cc(C)no3)c2Cl)cc1. The summed E-state index contributed by atoms with van der Waals surface area (Å²) in [5.74, 6) is -1.09. The van der Waals surface area contributed by atoms with Gasteiger partial charge in [-0.05, 0) is 26.3 Å². The fraction of sp³-hybridized carbons (Fsp3) is 0.263. The van der Waals surface area contributed by atoms with Crippen LogP contribution in [0.4, 0.5) is 5.88 Å². The molecule has 0 radical (unpaired) electrons. The Labute approximate surface area is 166 Å². The van der Waals surface area contributed by atoms with Crippen molar-refractivity contribution in [2.45, 2.75) is 27.3 Å². The van der Waals surface area contributed by atoms with Crippen LogP contribution in [-0.4, -0.2) is 33.4 Å². The number of hydrogen-bond acceptors (Lipinski definition) is 6. The van der Waals surface area contributed by atoms with Crippen LogP contribution in [0.5, 0.6) is 0 Å². The van der Waals surface area contributed by atoms with E-state index in [-0.39, 0.29) is 16.6 Å². The van der Waals surface area contributed by atoms with Crippen LogP contribution in [-0.2, 0) is 16.1 Å². The number of nitrogens with zero attached hydrogens (tertiary/aromatic N) is 3. The zero-order valence-electron chi connectivity index (χ0n) is 15.7. The molecule has 1 amide bonds. The smallest absolute Gasteiger partial charge is 0.343 e. The molecule has 3 aromatic rings. The number of nitrogens with one attached hydrogen (secondary N) is 1. The van der Waals surface area contributed by atoms with Crippen LogP contribution in [0.15, 0.2) is 34.9 Å². The summed E-state index contributed by atoms with van der Waals surface area (Å²) in [7, 11) is 0. The van der Waals surface area contributed by atoms with Crippen LogP contribution in [0.25, 0.3) is 0 Å². The Balaban J connectivity index is 1.64. The quantitative estimate of drug-likeness (QED) is 0.635. The summed E-state index contributed by atoms with van der Waals surface area (Å²) in [6, 6.07) is 9.47. The lowest BCUT2D eigenvalue weighted by molar-refractivity contribution is -0.119. The average molecular weight is 403 g/mol. The lowest BCUT2D eigenvalue weighted by Crippen LogP contribution is -2.21. The number of amides is 1. The Bertz CT molecular complexity index is 1010. The zero-order chi connectivity index (χ0) is 20.3. The first-order chi connectivity index (χ1) is 13.3. The molecule has 0 saturated heterocycles. The van der Waals surface area contributed by atoms with Crippen LogP contribution in [0.1, 0.15) is 32.9 Å².